The molecule has 5 heteroatoms. The molecule has 2 unspecified atom stereocenters. The topological polar surface area (TPSA) is 74.2 Å². The van der Waals surface area contributed by atoms with Crippen LogP contribution in [-0.4, -0.2) is 23.4 Å². The van der Waals surface area contributed by atoms with Crippen molar-refractivity contribution in [3.63, 3.8) is 0 Å². The monoisotopic (exact) mass is 211 g/mol. The van der Waals surface area contributed by atoms with E-state index in [0.717, 1.165) is 38.3 Å². The molecule has 2 atom stereocenters. The fourth-order valence-corrected chi connectivity index (χ4v) is 1.68. The number of nitrogens with zero attached hydrogens (tertiary/aromatic N) is 2. The Kier molecular flexibility index (Phi) is 3.33. The molecule has 5 nitrogen and oxygen atoms in total. The second kappa shape index (κ2) is 4.72. The van der Waals surface area contributed by atoms with E-state index in [4.69, 9.17) is 15.0 Å². The van der Waals surface area contributed by atoms with Crippen LogP contribution in [0.25, 0.3) is 0 Å². The Labute approximate surface area is 89.0 Å². The number of ether oxygens (including phenoxy) is 1. The largest absolute Gasteiger partial charge is 0.381 e. The minimum atomic E-state index is -0.133. The van der Waals surface area contributed by atoms with Crippen molar-refractivity contribution in [3.8, 4) is 0 Å². The van der Waals surface area contributed by atoms with Gasteiger partial charge in [0.25, 0.3) is 0 Å². The summed E-state index contributed by atoms with van der Waals surface area (Å²) in [6.45, 7) is 3.66. The molecule has 0 aromatic carbocycles. The summed E-state index contributed by atoms with van der Waals surface area (Å²) in [4.78, 5) is 4.29. The molecule has 0 bridgehead atoms. The van der Waals surface area contributed by atoms with Crippen LogP contribution in [0.2, 0.25) is 0 Å². The summed E-state index contributed by atoms with van der Waals surface area (Å²) < 4.78 is 10.4. The zero-order valence-corrected chi connectivity index (χ0v) is 8.98. The molecule has 2 rings (SSSR count). The molecular weight excluding hydrogens is 194 g/mol. The molecule has 0 spiro atoms. The Morgan fingerprint density at radius 1 is 1.60 bits per heavy atom. The number of aromatic nitrogens is 2. The highest BCUT2D eigenvalue weighted by Crippen LogP contribution is 2.18. The number of hydrogen-bond acceptors (Lipinski definition) is 5. The first-order valence-corrected chi connectivity index (χ1v) is 5.45. The Hall–Kier alpha value is -0.940. The third-order valence-corrected chi connectivity index (χ3v) is 2.74. The minimum Gasteiger partial charge on any atom is -0.381 e. The summed E-state index contributed by atoms with van der Waals surface area (Å²) in [6, 6.07) is -0.133. The van der Waals surface area contributed by atoms with Gasteiger partial charge in [0.1, 0.15) is 0 Å². The minimum absolute atomic E-state index is 0.133. The lowest BCUT2D eigenvalue weighted by molar-refractivity contribution is 0.185. The van der Waals surface area contributed by atoms with Crippen molar-refractivity contribution in [3.05, 3.63) is 11.7 Å². The summed E-state index contributed by atoms with van der Waals surface area (Å²) in [6.07, 6.45) is 2.73. The lowest BCUT2D eigenvalue weighted by atomic mass is 10.1. The molecular formula is C10H17N3O2. The summed E-state index contributed by atoms with van der Waals surface area (Å²) in [5.74, 6) is 1.84. The molecule has 1 aliphatic heterocycles. The van der Waals surface area contributed by atoms with Gasteiger partial charge in [-0.05, 0) is 18.8 Å². The predicted octanol–water partition coefficient (Wildman–Crippen LogP) is 1.06. The summed E-state index contributed by atoms with van der Waals surface area (Å²) in [7, 11) is 0. The molecule has 1 aromatic heterocycles. The molecule has 0 saturated carbocycles. The van der Waals surface area contributed by atoms with Crippen LogP contribution in [0.5, 0.6) is 0 Å². The van der Waals surface area contributed by atoms with E-state index in [1.54, 1.807) is 0 Å². The van der Waals surface area contributed by atoms with Gasteiger partial charge in [0.05, 0.1) is 6.04 Å². The Balaban J connectivity index is 1.94. The fourth-order valence-electron chi connectivity index (χ4n) is 1.68. The second-order valence-electron chi connectivity index (χ2n) is 4.00. The normalized spacial score (nSPS) is 23.2. The Morgan fingerprint density at radius 2 is 2.47 bits per heavy atom. The highest BCUT2D eigenvalue weighted by atomic mass is 16.5. The Bertz CT molecular complexity index is 307. The maximum absolute atomic E-state index is 5.79. The maximum atomic E-state index is 5.79. The van der Waals surface area contributed by atoms with Crippen LogP contribution in [-0.2, 0) is 11.2 Å². The van der Waals surface area contributed by atoms with Crippen LogP contribution in [0.1, 0.15) is 37.5 Å². The SMILES string of the molecule is CCC(N)c1nc(CC2CCOC2)no1. The van der Waals surface area contributed by atoms with Crippen molar-refractivity contribution in [1.29, 1.82) is 0 Å². The van der Waals surface area contributed by atoms with Crippen molar-refractivity contribution < 1.29 is 9.26 Å². The summed E-state index contributed by atoms with van der Waals surface area (Å²) in [5, 5.41) is 3.93. The van der Waals surface area contributed by atoms with Gasteiger partial charge in [-0.15, -0.1) is 0 Å². The van der Waals surface area contributed by atoms with Gasteiger partial charge in [0.2, 0.25) is 5.89 Å². The van der Waals surface area contributed by atoms with Gasteiger partial charge in [-0.25, -0.2) is 0 Å². The molecule has 1 aliphatic rings. The molecule has 0 aliphatic carbocycles. The van der Waals surface area contributed by atoms with Gasteiger partial charge in [0, 0.05) is 19.6 Å². The molecule has 1 saturated heterocycles. The van der Waals surface area contributed by atoms with Gasteiger partial charge in [0.15, 0.2) is 5.82 Å². The first kappa shape index (κ1) is 10.6. The average molecular weight is 211 g/mol. The zero-order chi connectivity index (χ0) is 10.7. The molecule has 2 heterocycles. The molecule has 1 fully saturated rings. The van der Waals surface area contributed by atoms with Crippen molar-refractivity contribution in [2.75, 3.05) is 13.2 Å². The number of nitrogens with two attached hydrogens (primary N) is 1. The van der Waals surface area contributed by atoms with E-state index in [1.807, 2.05) is 6.92 Å². The molecule has 84 valence electrons. The molecule has 0 radical (unpaired) electrons. The fraction of sp³-hybridized carbons (Fsp3) is 0.800. The van der Waals surface area contributed by atoms with Crippen molar-refractivity contribution >= 4 is 0 Å². The van der Waals surface area contributed by atoms with Gasteiger partial charge in [-0.2, -0.15) is 4.98 Å². The van der Waals surface area contributed by atoms with Gasteiger partial charge >= 0.3 is 0 Å². The van der Waals surface area contributed by atoms with Crippen LogP contribution < -0.4 is 5.73 Å². The quantitative estimate of drug-likeness (QED) is 0.806. The summed E-state index contributed by atoms with van der Waals surface area (Å²) in [5.41, 5.74) is 5.79. The third kappa shape index (κ3) is 2.54. The second-order valence-corrected chi connectivity index (χ2v) is 4.00. The zero-order valence-electron chi connectivity index (χ0n) is 8.98. The Morgan fingerprint density at radius 3 is 3.13 bits per heavy atom. The lowest BCUT2D eigenvalue weighted by Gasteiger charge is -2.01. The van der Waals surface area contributed by atoms with Gasteiger partial charge < -0.3 is 15.0 Å². The maximum Gasteiger partial charge on any atom is 0.243 e. The standard InChI is InChI=1S/C10H17N3O2/c1-2-8(11)10-12-9(13-15-10)5-7-3-4-14-6-7/h7-8H,2-6,11H2,1H3. The molecule has 0 amide bonds. The van der Waals surface area contributed by atoms with Gasteiger partial charge in [-0.3, -0.25) is 0 Å². The average Bonchev–Trinajstić information content (AvgIpc) is 2.88. The summed E-state index contributed by atoms with van der Waals surface area (Å²) >= 11 is 0. The number of rotatable bonds is 4. The number of hydrogen-bond donors (Lipinski definition) is 1. The van der Waals surface area contributed by atoms with E-state index < -0.39 is 0 Å². The molecule has 1 aromatic rings. The van der Waals surface area contributed by atoms with Crippen LogP contribution in [0.3, 0.4) is 0 Å². The predicted molar refractivity (Wildman–Crippen MR) is 54.1 cm³/mol. The van der Waals surface area contributed by atoms with E-state index in [2.05, 4.69) is 10.1 Å². The van der Waals surface area contributed by atoms with Crippen LogP contribution in [0, 0.1) is 5.92 Å². The van der Waals surface area contributed by atoms with E-state index in [-0.39, 0.29) is 6.04 Å². The van der Waals surface area contributed by atoms with E-state index >= 15 is 0 Å². The highest BCUT2D eigenvalue weighted by Gasteiger charge is 2.20. The van der Waals surface area contributed by atoms with E-state index in [1.165, 1.54) is 0 Å². The molecule has 2 N–H and O–H groups in total. The lowest BCUT2D eigenvalue weighted by Crippen LogP contribution is -2.09. The first-order chi connectivity index (χ1) is 7.29. The van der Waals surface area contributed by atoms with E-state index in [9.17, 15) is 0 Å². The smallest absolute Gasteiger partial charge is 0.243 e. The van der Waals surface area contributed by atoms with Crippen molar-refractivity contribution in [2.45, 2.75) is 32.2 Å². The van der Waals surface area contributed by atoms with Crippen molar-refractivity contribution in [1.82, 2.24) is 10.1 Å². The highest BCUT2D eigenvalue weighted by molar-refractivity contribution is 4.93. The third-order valence-electron chi connectivity index (χ3n) is 2.74. The van der Waals surface area contributed by atoms with Crippen molar-refractivity contribution in [2.24, 2.45) is 11.7 Å². The van der Waals surface area contributed by atoms with Crippen LogP contribution >= 0.6 is 0 Å². The van der Waals surface area contributed by atoms with E-state index in [0.29, 0.717) is 11.8 Å². The first-order valence-electron chi connectivity index (χ1n) is 5.45. The van der Waals surface area contributed by atoms with Gasteiger partial charge in [-0.1, -0.05) is 12.1 Å². The van der Waals surface area contributed by atoms with Crippen LogP contribution in [0.4, 0.5) is 0 Å². The van der Waals surface area contributed by atoms with Crippen LogP contribution in [0.15, 0.2) is 4.52 Å². The molecule has 15 heavy (non-hydrogen) atoms.